The molecule has 0 bridgehead atoms. The van der Waals surface area contributed by atoms with Gasteiger partial charge in [0.15, 0.2) is 0 Å². The summed E-state index contributed by atoms with van der Waals surface area (Å²) >= 11 is 0. The van der Waals surface area contributed by atoms with Crippen molar-refractivity contribution in [1.29, 1.82) is 0 Å². The summed E-state index contributed by atoms with van der Waals surface area (Å²) in [6, 6.07) is 14.7. The number of carbonyl (C=O) groups excluding carboxylic acids is 1. The molecule has 1 aliphatic rings. The van der Waals surface area contributed by atoms with E-state index >= 15 is 0 Å². The number of aromatic nitrogens is 2. The number of hydrogen-bond donors (Lipinski definition) is 0. The van der Waals surface area contributed by atoms with Crippen LogP contribution in [0.25, 0.3) is 5.65 Å². The zero-order valence-electron chi connectivity index (χ0n) is 16.0. The van der Waals surface area contributed by atoms with Crippen LogP contribution in [-0.2, 0) is 6.54 Å². The molecule has 3 heterocycles. The van der Waals surface area contributed by atoms with Gasteiger partial charge in [-0.05, 0) is 56.6 Å². The smallest absolute Gasteiger partial charge is 0.273 e. The minimum Gasteiger partial charge on any atom is -0.330 e. The van der Waals surface area contributed by atoms with Crippen LogP contribution in [0.1, 0.15) is 46.9 Å². The Hall–Kier alpha value is -2.66. The Kier molecular flexibility index (Phi) is 4.94. The predicted molar refractivity (Wildman–Crippen MR) is 107 cm³/mol. The zero-order valence-corrected chi connectivity index (χ0v) is 16.0. The van der Waals surface area contributed by atoms with Crippen molar-refractivity contribution in [2.45, 2.75) is 31.8 Å². The highest BCUT2D eigenvalue weighted by Crippen LogP contribution is 2.32. The second-order valence-corrected chi connectivity index (χ2v) is 7.56. The minimum absolute atomic E-state index is 0.0655. The van der Waals surface area contributed by atoms with Crippen LogP contribution in [-0.4, -0.2) is 45.7 Å². The highest BCUT2D eigenvalue weighted by Gasteiger charge is 2.30. The monoisotopic (exact) mass is 362 g/mol. The largest absolute Gasteiger partial charge is 0.330 e. The van der Waals surface area contributed by atoms with E-state index in [4.69, 9.17) is 0 Å². The zero-order chi connectivity index (χ0) is 18.8. The molecule has 1 aromatic carbocycles. The lowest BCUT2D eigenvalue weighted by Crippen LogP contribution is -2.39. The highest BCUT2D eigenvalue weighted by molar-refractivity contribution is 5.93. The number of likely N-dealkylation sites (tertiary alicyclic amines) is 1. The van der Waals surface area contributed by atoms with Gasteiger partial charge < -0.3 is 9.80 Å². The molecule has 140 valence electrons. The molecule has 0 aliphatic carbocycles. The molecule has 1 amide bonds. The molecule has 1 fully saturated rings. The molecule has 2 aromatic heterocycles. The predicted octanol–water partition coefficient (Wildman–Crippen LogP) is 3.76. The fraction of sp³-hybridized carbons (Fsp3) is 0.364. The second kappa shape index (κ2) is 7.53. The van der Waals surface area contributed by atoms with Crippen molar-refractivity contribution >= 4 is 11.6 Å². The number of pyridine rings is 1. The number of piperidine rings is 1. The van der Waals surface area contributed by atoms with E-state index < -0.39 is 0 Å². The molecule has 1 aliphatic heterocycles. The molecule has 4 rings (SSSR count). The van der Waals surface area contributed by atoms with Crippen molar-refractivity contribution in [2.75, 3.05) is 20.6 Å². The number of hydrogen-bond acceptors (Lipinski definition) is 3. The van der Waals surface area contributed by atoms with Crippen LogP contribution in [0.2, 0.25) is 0 Å². The van der Waals surface area contributed by atoms with Gasteiger partial charge in [-0.1, -0.05) is 30.3 Å². The van der Waals surface area contributed by atoms with E-state index in [1.807, 2.05) is 33.7 Å². The summed E-state index contributed by atoms with van der Waals surface area (Å²) in [6.07, 6.45) is 6.82. The van der Waals surface area contributed by atoms with E-state index in [2.05, 4.69) is 48.2 Å². The number of imidazole rings is 1. The van der Waals surface area contributed by atoms with Crippen LogP contribution in [0.15, 0.2) is 54.9 Å². The third kappa shape index (κ3) is 3.60. The summed E-state index contributed by atoms with van der Waals surface area (Å²) < 4.78 is 1.88. The van der Waals surface area contributed by atoms with Gasteiger partial charge in [0.1, 0.15) is 11.3 Å². The van der Waals surface area contributed by atoms with E-state index in [9.17, 15) is 4.79 Å². The number of nitrogens with zero attached hydrogens (tertiary/aromatic N) is 4. The van der Waals surface area contributed by atoms with Crippen LogP contribution >= 0.6 is 0 Å². The quantitative estimate of drug-likeness (QED) is 0.709. The molecule has 1 unspecified atom stereocenters. The maximum absolute atomic E-state index is 13.3. The Morgan fingerprint density at radius 2 is 1.96 bits per heavy atom. The van der Waals surface area contributed by atoms with Crippen molar-refractivity contribution in [3.63, 3.8) is 0 Å². The SMILES string of the molecule is CN(C)Cc1ccc(C2CCCCN2C(=O)c2cnc3ccccn23)cc1. The molecular weight excluding hydrogens is 336 g/mol. The van der Waals surface area contributed by atoms with Gasteiger partial charge in [-0.15, -0.1) is 0 Å². The van der Waals surface area contributed by atoms with Gasteiger partial charge in [0.25, 0.3) is 5.91 Å². The lowest BCUT2D eigenvalue weighted by Gasteiger charge is -2.36. The number of rotatable bonds is 4. The average Bonchev–Trinajstić information content (AvgIpc) is 3.12. The maximum Gasteiger partial charge on any atom is 0.273 e. The summed E-state index contributed by atoms with van der Waals surface area (Å²) in [5.41, 5.74) is 3.96. The van der Waals surface area contributed by atoms with Gasteiger partial charge in [0.05, 0.1) is 12.2 Å². The Morgan fingerprint density at radius 3 is 2.74 bits per heavy atom. The number of amides is 1. The van der Waals surface area contributed by atoms with Crippen molar-refractivity contribution in [3.05, 3.63) is 71.7 Å². The number of benzene rings is 1. The van der Waals surface area contributed by atoms with E-state index in [1.54, 1.807) is 6.20 Å². The van der Waals surface area contributed by atoms with Crippen molar-refractivity contribution < 1.29 is 4.79 Å². The molecule has 1 atom stereocenters. The molecule has 0 spiro atoms. The summed E-state index contributed by atoms with van der Waals surface area (Å²) in [7, 11) is 4.15. The molecule has 1 saturated heterocycles. The van der Waals surface area contributed by atoms with Gasteiger partial charge in [0, 0.05) is 19.3 Å². The van der Waals surface area contributed by atoms with E-state index in [0.717, 1.165) is 38.0 Å². The molecule has 27 heavy (non-hydrogen) atoms. The number of carbonyl (C=O) groups is 1. The first-order valence-corrected chi connectivity index (χ1v) is 9.60. The third-order valence-corrected chi connectivity index (χ3v) is 5.26. The lowest BCUT2D eigenvalue weighted by molar-refractivity contribution is 0.0604. The Morgan fingerprint density at radius 1 is 1.15 bits per heavy atom. The van der Waals surface area contributed by atoms with Gasteiger partial charge in [-0.2, -0.15) is 0 Å². The Balaban J connectivity index is 1.61. The molecule has 3 aromatic rings. The molecule has 0 radical (unpaired) electrons. The van der Waals surface area contributed by atoms with Crippen LogP contribution < -0.4 is 0 Å². The summed E-state index contributed by atoms with van der Waals surface area (Å²) in [4.78, 5) is 21.9. The van der Waals surface area contributed by atoms with Crippen LogP contribution in [0, 0.1) is 0 Å². The van der Waals surface area contributed by atoms with Gasteiger partial charge in [-0.25, -0.2) is 4.98 Å². The first-order valence-electron chi connectivity index (χ1n) is 9.60. The van der Waals surface area contributed by atoms with Crippen LogP contribution in [0.3, 0.4) is 0 Å². The summed E-state index contributed by atoms with van der Waals surface area (Å²) in [6.45, 7) is 1.72. The van der Waals surface area contributed by atoms with Crippen LogP contribution in [0.4, 0.5) is 0 Å². The summed E-state index contributed by atoms with van der Waals surface area (Å²) in [5.74, 6) is 0.0655. The van der Waals surface area contributed by atoms with Crippen molar-refractivity contribution in [2.24, 2.45) is 0 Å². The van der Waals surface area contributed by atoms with Crippen molar-refractivity contribution in [3.8, 4) is 0 Å². The topological polar surface area (TPSA) is 40.8 Å². The Bertz CT molecular complexity index is 929. The Labute approximate surface area is 160 Å². The van der Waals surface area contributed by atoms with E-state index in [0.29, 0.717) is 5.69 Å². The van der Waals surface area contributed by atoms with Crippen molar-refractivity contribution in [1.82, 2.24) is 19.2 Å². The molecular formula is C22H26N4O. The third-order valence-electron chi connectivity index (χ3n) is 5.26. The van der Waals surface area contributed by atoms with Gasteiger partial charge in [-0.3, -0.25) is 9.20 Å². The molecule has 5 heteroatoms. The normalized spacial score (nSPS) is 17.6. The highest BCUT2D eigenvalue weighted by atomic mass is 16.2. The van der Waals surface area contributed by atoms with E-state index in [-0.39, 0.29) is 11.9 Å². The number of fused-ring (bicyclic) bond motifs is 1. The van der Waals surface area contributed by atoms with Gasteiger partial charge in [0.2, 0.25) is 0 Å². The lowest BCUT2D eigenvalue weighted by atomic mass is 9.94. The van der Waals surface area contributed by atoms with E-state index in [1.165, 1.54) is 11.1 Å². The fourth-order valence-electron chi connectivity index (χ4n) is 3.97. The first-order chi connectivity index (χ1) is 13.1. The fourth-order valence-corrected chi connectivity index (χ4v) is 3.97. The molecule has 0 saturated carbocycles. The first kappa shape index (κ1) is 17.7. The minimum atomic E-state index is 0.0655. The van der Waals surface area contributed by atoms with Crippen LogP contribution in [0.5, 0.6) is 0 Å². The molecule has 5 nitrogen and oxygen atoms in total. The maximum atomic E-state index is 13.3. The van der Waals surface area contributed by atoms with Gasteiger partial charge >= 0.3 is 0 Å². The average molecular weight is 362 g/mol. The standard InChI is InChI=1S/C22H26N4O/c1-24(2)16-17-9-11-18(12-10-17)19-7-3-5-14-26(19)22(27)20-15-23-21-8-4-6-13-25(20)21/h4,6,8-13,15,19H,3,5,7,14,16H2,1-2H3. The summed E-state index contributed by atoms with van der Waals surface area (Å²) in [5, 5.41) is 0. The molecule has 0 N–H and O–H groups in total. The second-order valence-electron chi connectivity index (χ2n) is 7.56.